The van der Waals surface area contributed by atoms with E-state index in [2.05, 4.69) is 20.4 Å². The highest BCUT2D eigenvalue weighted by Gasteiger charge is 2.14. The van der Waals surface area contributed by atoms with Crippen molar-refractivity contribution in [1.82, 2.24) is 20.4 Å². The summed E-state index contributed by atoms with van der Waals surface area (Å²) in [6.45, 7) is 0. The Morgan fingerprint density at radius 2 is 1.73 bits per heavy atom. The summed E-state index contributed by atoms with van der Waals surface area (Å²) in [5, 5.41) is 16.4. The summed E-state index contributed by atoms with van der Waals surface area (Å²) in [4.78, 5) is 0. The van der Waals surface area contributed by atoms with Gasteiger partial charge in [0.05, 0.1) is 12.6 Å². The van der Waals surface area contributed by atoms with Crippen LogP contribution in [0, 0.1) is 0 Å². The molecule has 2 aromatic heterocycles. The Kier molecular flexibility index (Phi) is 2.69. The van der Waals surface area contributed by atoms with Crippen LogP contribution in [0.15, 0.2) is 42.5 Å². The van der Waals surface area contributed by atoms with Gasteiger partial charge in [0.1, 0.15) is 11.3 Å². The minimum atomic E-state index is 0.354. The molecule has 6 nitrogen and oxygen atoms in total. The van der Waals surface area contributed by atoms with Gasteiger partial charge in [0.2, 0.25) is 0 Å². The van der Waals surface area contributed by atoms with Gasteiger partial charge in [0.25, 0.3) is 0 Å². The number of ether oxygens (including phenoxy) is 1. The van der Waals surface area contributed by atoms with E-state index in [1.807, 2.05) is 42.5 Å². The van der Waals surface area contributed by atoms with E-state index in [1.165, 1.54) is 0 Å². The summed E-state index contributed by atoms with van der Waals surface area (Å²) in [7, 11) is 1.66. The third-order valence-corrected chi connectivity index (χ3v) is 3.72. The first kappa shape index (κ1) is 12.6. The molecule has 3 N–H and O–H groups in total. The molecule has 0 saturated heterocycles. The number of hydrogen-bond acceptors (Lipinski definition) is 5. The van der Waals surface area contributed by atoms with Gasteiger partial charge >= 0.3 is 0 Å². The predicted molar refractivity (Wildman–Crippen MR) is 85.6 cm³/mol. The normalized spacial score (nSPS) is 11.1. The second kappa shape index (κ2) is 4.70. The third-order valence-electron chi connectivity index (χ3n) is 3.72. The first-order valence-electron chi connectivity index (χ1n) is 6.82. The quantitative estimate of drug-likeness (QED) is 0.592. The molecule has 108 valence electrons. The van der Waals surface area contributed by atoms with Crippen molar-refractivity contribution in [2.75, 3.05) is 12.8 Å². The fourth-order valence-corrected chi connectivity index (χ4v) is 2.68. The summed E-state index contributed by atoms with van der Waals surface area (Å²) < 4.78 is 5.45. The molecule has 2 aromatic carbocycles. The van der Waals surface area contributed by atoms with E-state index in [0.717, 1.165) is 33.3 Å². The zero-order valence-electron chi connectivity index (χ0n) is 11.9. The Hall–Kier alpha value is -3.15. The Labute approximate surface area is 125 Å². The van der Waals surface area contributed by atoms with Crippen LogP contribution in [0.4, 0.5) is 5.82 Å². The number of anilines is 1. The average molecular weight is 291 g/mol. The van der Waals surface area contributed by atoms with Crippen LogP contribution in [-0.4, -0.2) is 27.5 Å². The van der Waals surface area contributed by atoms with Gasteiger partial charge in [-0.15, -0.1) is 10.2 Å². The molecule has 0 saturated carbocycles. The fourth-order valence-electron chi connectivity index (χ4n) is 2.68. The summed E-state index contributed by atoms with van der Waals surface area (Å²) in [6.07, 6.45) is 0. The second-order valence-electron chi connectivity index (χ2n) is 4.93. The van der Waals surface area contributed by atoms with Gasteiger partial charge in [-0.1, -0.05) is 36.4 Å². The zero-order valence-corrected chi connectivity index (χ0v) is 11.9. The van der Waals surface area contributed by atoms with Gasteiger partial charge in [-0.3, -0.25) is 5.10 Å². The molecule has 0 unspecified atom stereocenters. The van der Waals surface area contributed by atoms with Crippen LogP contribution >= 0.6 is 0 Å². The van der Waals surface area contributed by atoms with E-state index in [0.29, 0.717) is 11.3 Å². The van der Waals surface area contributed by atoms with Crippen molar-refractivity contribution in [1.29, 1.82) is 0 Å². The topological polar surface area (TPSA) is 89.7 Å². The smallest absolute Gasteiger partial charge is 0.173 e. The van der Waals surface area contributed by atoms with E-state index < -0.39 is 0 Å². The Balaban J connectivity index is 2.09. The molecule has 0 radical (unpaired) electrons. The molecule has 0 amide bonds. The molecular formula is C16H13N5O. The van der Waals surface area contributed by atoms with Crippen molar-refractivity contribution < 1.29 is 4.74 Å². The van der Waals surface area contributed by atoms with Gasteiger partial charge in [-0.05, 0) is 6.07 Å². The van der Waals surface area contributed by atoms with Gasteiger partial charge in [-0.25, -0.2) is 0 Å². The highest BCUT2D eigenvalue weighted by atomic mass is 16.5. The van der Waals surface area contributed by atoms with Gasteiger partial charge in [-0.2, -0.15) is 5.10 Å². The van der Waals surface area contributed by atoms with Crippen molar-refractivity contribution in [3.8, 4) is 16.9 Å². The Morgan fingerprint density at radius 3 is 2.59 bits per heavy atom. The van der Waals surface area contributed by atoms with Crippen LogP contribution in [0.3, 0.4) is 0 Å². The van der Waals surface area contributed by atoms with Crippen molar-refractivity contribution >= 4 is 27.8 Å². The largest absolute Gasteiger partial charge is 0.496 e. The molecule has 2 heterocycles. The fraction of sp³-hybridized carbons (Fsp3) is 0.0625. The first-order chi connectivity index (χ1) is 10.8. The molecule has 0 atom stereocenters. The molecule has 0 aliphatic rings. The van der Waals surface area contributed by atoms with E-state index in [-0.39, 0.29) is 0 Å². The third kappa shape index (κ3) is 1.70. The van der Waals surface area contributed by atoms with Crippen LogP contribution in [-0.2, 0) is 0 Å². The number of methoxy groups -OCH3 is 1. The number of nitrogens with zero attached hydrogens (tertiary/aromatic N) is 3. The number of nitrogens with two attached hydrogens (primary N) is 1. The molecule has 0 aliphatic carbocycles. The van der Waals surface area contributed by atoms with Crippen LogP contribution in [0.2, 0.25) is 0 Å². The van der Waals surface area contributed by atoms with Crippen molar-refractivity contribution in [3.05, 3.63) is 42.5 Å². The van der Waals surface area contributed by atoms with Crippen LogP contribution < -0.4 is 10.5 Å². The zero-order chi connectivity index (χ0) is 15.1. The lowest BCUT2D eigenvalue weighted by Gasteiger charge is -2.10. The van der Waals surface area contributed by atoms with Crippen LogP contribution in [0.1, 0.15) is 0 Å². The number of nitrogens with one attached hydrogen (secondary N) is 1. The molecule has 0 bridgehead atoms. The van der Waals surface area contributed by atoms with Crippen molar-refractivity contribution in [3.63, 3.8) is 0 Å². The Bertz CT molecular complexity index is 992. The number of benzene rings is 2. The number of fused-ring (bicyclic) bond motifs is 3. The van der Waals surface area contributed by atoms with Gasteiger partial charge in [0.15, 0.2) is 11.3 Å². The summed E-state index contributed by atoms with van der Waals surface area (Å²) in [5.41, 5.74) is 9.88. The molecule has 0 fully saturated rings. The standard InChI is InChI=1S/C16H13N5O/c1-22-12-8-3-2-5-9(12)10-6-4-7-11-13(10)18-20-15-14(11)19-21-16(15)17/h2-8H,1H3,(H3,17,19,21). The van der Waals surface area contributed by atoms with Crippen LogP contribution in [0.25, 0.3) is 33.1 Å². The minimum Gasteiger partial charge on any atom is -0.496 e. The van der Waals surface area contributed by atoms with E-state index in [9.17, 15) is 0 Å². The number of aromatic nitrogens is 4. The lowest BCUT2D eigenvalue weighted by atomic mass is 10.0. The van der Waals surface area contributed by atoms with E-state index in [1.54, 1.807) is 7.11 Å². The summed E-state index contributed by atoms with van der Waals surface area (Å²) >= 11 is 0. The lowest BCUT2D eigenvalue weighted by Crippen LogP contribution is -1.93. The first-order valence-corrected chi connectivity index (χ1v) is 6.82. The van der Waals surface area contributed by atoms with Crippen LogP contribution in [0.5, 0.6) is 5.75 Å². The average Bonchev–Trinajstić information content (AvgIpc) is 2.96. The maximum absolute atomic E-state index is 5.80. The number of hydrogen-bond donors (Lipinski definition) is 2. The number of nitrogen functional groups attached to an aromatic ring is 1. The molecule has 0 aliphatic heterocycles. The molecule has 0 spiro atoms. The Morgan fingerprint density at radius 1 is 0.955 bits per heavy atom. The maximum Gasteiger partial charge on any atom is 0.173 e. The predicted octanol–water partition coefficient (Wildman–Crippen LogP) is 2.76. The minimum absolute atomic E-state index is 0.354. The highest BCUT2D eigenvalue weighted by molar-refractivity contribution is 6.08. The molecule has 4 aromatic rings. The van der Waals surface area contributed by atoms with Gasteiger partial charge < -0.3 is 10.5 Å². The molecule has 4 rings (SSSR count). The van der Waals surface area contributed by atoms with E-state index in [4.69, 9.17) is 10.5 Å². The monoisotopic (exact) mass is 291 g/mol. The lowest BCUT2D eigenvalue weighted by molar-refractivity contribution is 0.416. The molecule has 6 heteroatoms. The number of para-hydroxylation sites is 1. The highest BCUT2D eigenvalue weighted by Crippen LogP contribution is 2.35. The number of rotatable bonds is 2. The second-order valence-corrected chi connectivity index (χ2v) is 4.93. The van der Waals surface area contributed by atoms with Gasteiger partial charge in [0, 0.05) is 16.5 Å². The SMILES string of the molecule is COc1ccccc1-c1cccc2c1nnc1c(N)n[nH]c12. The molecular weight excluding hydrogens is 278 g/mol. The number of aromatic amines is 1. The summed E-state index contributed by atoms with van der Waals surface area (Å²) in [6, 6.07) is 13.8. The van der Waals surface area contributed by atoms with E-state index >= 15 is 0 Å². The molecule has 22 heavy (non-hydrogen) atoms. The number of H-pyrrole nitrogens is 1. The maximum atomic E-state index is 5.80. The van der Waals surface area contributed by atoms with Crippen molar-refractivity contribution in [2.24, 2.45) is 0 Å². The summed E-state index contributed by atoms with van der Waals surface area (Å²) in [5.74, 6) is 1.15. The van der Waals surface area contributed by atoms with Crippen molar-refractivity contribution in [2.45, 2.75) is 0 Å².